The van der Waals surface area contributed by atoms with E-state index >= 15 is 0 Å². The number of benzene rings is 4. The SMILES string of the molecule is CCC(=S)N=C(N)c1cccc(CN(C(=O)Nc2ccc(-c3ccccc3S(N)(=O)=O)cc2)c2ccccc2)c1. The minimum absolute atomic E-state index is 0.0338. The summed E-state index contributed by atoms with van der Waals surface area (Å²) in [4.78, 5) is 20.0. The quantitative estimate of drug-likeness (QED) is 0.142. The van der Waals surface area contributed by atoms with E-state index < -0.39 is 10.0 Å². The van der Waals surface area contributed by atoms with E-state index in [0.29, 0.717) is 39.7 Å². The second-order valence-corrected chi connectivity index (χ2v) is 10.9. The maximum absolute atomic E-state index is 13.5. The van der Waals surface area contributed by atoms with Gasteiger partial charge in [0.05, 0.1) is 11.4 Å². The zero-order valence-electron chi connectivity index (χ0n) is 21.8. The molecule has 5 N–H and O–H groups in total. The van der Waals surface area contributed by atoms with Crippen LogP contribution < -0.4 is 21.1 Å². The standard InChI is InChI=1S/C30H29N5O3S2/c1-2-28(39)34-29(31)23-10-8-9-21(19-23)20-35(25-11-4-3-5-12-25)30(36)33-24-17-15-22(16-18-24)26-13-6-7-14-27(26)40(32,37)38/h3-19H,2,20H2,1H3,(H,33,36)(H2,31,34,39)(H2,32,37,38). The third-order valence-corrected chi connectivity index (χ3v) is 7.41. The van der Waals surface area contributed by atoms with Crippen LogP contribution in [0.1, 0.15) is 24.5 Å². The number of hydrogen-bond donors (Lipinski definition) is 3. The van der Waals surface area contributed by atoms with E-state index in [1.165, 1.54) is 6.07 Å². The molecule has 0 radical (unpaired) electrons. The first kappa shape index (κ1) is 28.6. The van der Waals surface area contributed by atoms with Gasteiger partial charge in [0, 0.05) is 22.5 Å². The number of nitrogens with one attached hydrogen (secondary N) is 1. The summed E-state index contributed by atoms with van der Waals surface area (Å²) in [7, 11) is -3.90. The summed E-state index contributed by atoms with van der Waals surface area (Å²) < 4.78 is 24.0. The third kappa shape index (κ3) is 7.17. The van der Waals surface area contributed by atoms with Gasteiger partial charge < -0.3 is 11.1 Å². The number of nitrogens with two attached hydrogens (primary N) is 2. The van der Waals surface area contributed by atoms with Crippen LogP contribution in [-0.4, -0.2) is 25.3 Å². The van der Waals surface area contributed by atoms with Gasteiger partial charge in [-0.2, -0.15) is 0 Å². The first-order chi connectivity index (χ1) is 19.2. The van der Waals surface area contributed by atoms with Crippen LogP contribution in [0.15, 0.2) is 113 Å². The van der Waals surface area contributed by atoms with Crippen LogP contribution in [0.4, 0.5) is 16.2 Å². The second-order valence-electron chi connectivity index (χ2n) is 8.92. The van der Waals surface area contributed by atoms with Crippen LogP contribution in [0.5, 0.6) is 0 Å². The number of para-hydroxylation sites is 1. The van der Waals surface area contributed by atoms with Gasteiger partial charge >= 0.3 is 6.03 Å². The van der Waals surface area contributed by atoms with Gasteiger partial charge in [0.15, 0.2) is 0 Å². The fourth-order valence-corrected chi connectivity index (χ4v) is 4.91. The van der Waals surface area contributed by atoms with E-state index in [4.69, 9.17) is 23.1 Å². The molecule has 4 aromatic rings. The summed E-state index contributed by atoms with van der Waals surface area (Å²) in [6.45, 7) is 2.19. The maximum Gasteiger partial charge on any atom is 0.326 e. The molecule has 0 heterocycles. The molecular weight excluding hydrogens is 542 g/mol. The molecule has 2 amide bonds. The molecule has 4 aromatic carbocycles. The number of aliphatic imine (C=N–C) groups is 1. The van der Waals surface area contributed by atoms with Crippen LogP contribution in [0.25, 0.3) is 11.1 Å². The average Bonchev–Trinajstić information content (AvgIpc) is 2.96. The van der Waals surface area contributed by atoms with E-state index in [1.54, 1.807) is 47.4 Å². The number of sulfonamides is 1. The van der Waals surface area contributed by atoms with E-state index in [0.717, 1.165) is 11.1 Å². The highest BCUT2D eigenvalue weighted by molar-refractivity contribution is 7.89. The smallest absolute Gasteiger partial charge is 0.326 e. The molecule has 0 aliphatic rings. The van der Waals surface area contributed by atoms with Crippen molar-refractivity contribution in [1.29, 1.82) is 0 Å². The average molecular weight is 572 g/mol. The van der Waals surface area contributed by atoms with Gasteiger partial charge in [-0.05, 0) is 53.9 Å². The summed E-state index contributed by atoms with van der Waals surface area (Å²) in [5.74, 6) is 0.327. The molecule has 0 aliphatic heterocycles. The molecule has 0 saturated heterocycles. The van der Waals surface area contributed by atoms with Crippen LogP contribution >= 0.6 is 12.2 Å². The lowest BCUT2D eigenvalue weighted by atomic mass is 10.1. The van der Waals surface area contributed by atoms with Crippen molar-refractivity contribution in [2.75, 3.05) is 10.2 Å². The molecule has 0 fully saturated rings. The zero-order chi connectivity index (χ0) is 28.7. The molecule has 0 spiro atoms. The summed E-state index contributed by atoms with van der Waals surface area (Å²) in [5, 5.41) is 8.32. The van der Waals surface area contributed by atoms with E-state index in [2.05, 4.69) is 10.3 Å². The number of anilines is 2. The molecule has 4 rings (SSSR count). The number of hydrogen-bond acceptors (Lipinski definition) is 4. The van der Waals surface area contributed by atoms with Gasteiger partial charge in [0.1, 0.15) is 10.8 Å². The van der Waals surface area contributed by atoms with Crippen molar-refractivity contribution in [3.05, 3.63) is 114 Å². The normalized spacial score (nSPS) is 11.6. The minimum Gasteiger partial charge on any atom is -0.383 e. The number of urea groups is 1. The summed E-state index contributed by atoms with van der Waals surface area (Å²) in [5.41, 5.74) is 10.1. The fourth-order valence-electron chi connectivity index (χ4n) is 4.06. The van der Waals surface area contributed by atoms with Gasteiger partial charge in [0.25, 0.3) is 0 Å². The molecule has 8 nitrogen and oxygen atoms in total. The molecule has 0 aliphatic carbocycles. The van der Waals surface area contributed by atoms with Crippen molar-refractivity contribution in [2.24, 2.45) is 15.9 Å². The number of carbonyl (C=O) groups excluding carboxylic acids is 1. The molecule has 0 unspecified atom stereocenters. The Morgan fingerprint density at radius 3 is 2.27 bits per heavy atom. The number of amides is 2. The van der Waals surface area contributed by atoms with E-state index in [1.807, 2.05) is 61.5 Å². The van der Waals surface area contributed by atoms with Gasteiger partial charge in [0.2, 0.25) is 10.0 Å². The largest absolute Gasteiger partial charge is 0.383 e. The Kier molecular flexibility index (Phi) is 9.05. The van der Waals surface area contributed by atoms with Gasteiger partial charge in [-0.1, -0.05) is 85.9 Å². The summed E-state index contributed by atoms with van der Waals surface area (Å²) in [6.07, 6.45) is 0.622. The Balaban J connectivity index is 1.58. The number of amidine groups is 1. The lowest BCUT2D eigenvalue weighted by Gasteiger charge is -2.24. The van der Waals surface area contributed by atoms with Crippen LogP contribution in [0.2, 0.25) is 0 Å². The first-order valence-electron chi connectivity index (χ1n) is 12.5. The molecule has 10 heteroatoms. The number of carbonyl (C=O) groups is 1. The molecular formula is C30H29N5O3S2. The monoisotopic (exact) mass is 571 g/mol. The van der Waals surface area contributed by atoms with E-state index in [9.17, 15) is 13.2 Å². The zero-order valence-corrected chi connectivity index (χ0v) is 23.5. The predicted octanol–water partition coefficient (Wildman–Crippen LogP) is 5.68. The lowest BCUT2D eigenvalue weighted by Crippen LogP contribution is -2.34. The van der Waals surface area contributed by atoms with Crippen molar-refractivity contribution in [3.63, 3.8) is 0 Å². The van der Waals surface area contributed by atoms with Gasteiger partial charge in [-0.15, -0.1) is 0 Å². The van der Waals surface area contributed by atoms with Crippen LogP contribution in [0, 0.1) is 0 Å². The Bertz CT molecular complexity index is 1650. The Morgan fingerprint density at radius 2 is 1.60 bits per heavy atom. The Morgan fingerprint density at radius 1 is 0.925 bits per heavy atom. The fraction of sp³-hybridized carbons (Fsp3) is 0.100. The molecule has 0 bridgehead atoms. The number of rotatable bonds is 8. The van der Waals surface area contributed by atoms with Crippen molar-refractivity contribution < 1.29 is 13.2 Å². The second kappa shape index (κ2) is 12.6. The van der Waals surface area contributed by atoms with Crippen LogP contribution in [0.3, 0.4) is 0 Å². The topological polar surface area (TPSA) is 131 Å². The lowest BCUT2D eigenvalue weighted by molar-refractivity contribution is 0.256. The van der Waals surface area contributed by atoms with Crippen LogP contribution in [-0.2, 0) is 16.6 Å². The summed E-state index contributed by atoms with van der Waals surface area (Å²) in [6, 6.07) is 29.9. The minimum atomic E-state index is -3.90. The van der Waals surface area contributed by atoms with Gasteiger partial charge in [-0.25, -0.2) is 23.3 Å². The number of thiocarbonyl (C=S) groups is 1. The maximum atomic E-state index is 13.5. The van der Waals surface area contributed by atoms with Crippen molar-refractivity contribution in [2.45, 2.75) is 24.8 Å². The molecule has 40 heavy (non-hydrogen) atoms. The van der Waals surface area contributed by atoms with Crippen molar-refractivity contribution in [3.8, 4) is 11.1 Å². The van der Waals surface area contributed by atoms with Gasteiger partial charge in [-0.3, -0.25) is 4.90 Å². The molecule has 0 atom stereocenters. The highest BCUT2D eigenvalue weighted by Crippen LogP contribution is 2.28. The summed E-state index contributed by atoms with van der Waals surface area (Å²) >= 11 is 5.19. The number of primary sulfonamides is 1. The third-order valence-electron chi connectivity index (χ3n) is 6.06. The number of nitrogens with zero attached hydrogens (tertiary/aromatic N) is 2. The molecule has 0 aromatic heterocycles. The molecule has 0 saturated carbocycles. The molecule has 204 valence electrons. The highest BCUT2D eigenvalue weighted by Gasteiger charge is 2.18. The van der Waals surface area contributed by atoms with E-state index in [-0.39, 0.29) is 17.5 Å². The first-order valence-corrected chi connectivity index (χ1v) is 14.4. The Labute approximate surface area is 239 Å². The van der Waals surface area contributed by atoms with Crippen molar-refractivity contribution in [1.82, 2.24) is 0 Å². The Hall–Kier alpha value is -4.38. The van der Waals surface area contributed by atoms with Crippen molar-refractivity contribution >= 4 is 50.5 Å². The predicted molar refractivity (Wildman–Crippen MR) is 165 cm³/mol. The highest BCUT2D eigenvalue weighted by atomic mass is 32.2.